The first-order valence-corrected chi connectivity index (χ1v) is 2.99. The van der Waals surface area contributed by atoms with Gasteiger partial charge in [0.15, 0.2) is 0 Å². The summed E-state index contributed by atoms with van der Waals surface area (Å²) in [4.78, 5) is 0. The Bertz CT molecular complexity index is 66.1. The third-order valence-corrected chi connectivity index (χ3v) is 1.41. The van der Waals surface area contributed by atoms with Crippen molar-refractivity contribution in [2.24, 2.45) is 5.73 Å². The zero-order valence-electron chi connectivity index (χ0n) is 5.22. The van der Waals surface area contributed by atoms with Crippen molar-refractivity contribution >= 4 is 0 Å². The molecule has 1 rings (SSSR count). The first-order chi connectivity index (χ1) is 3.79. The number of hydrogen-bond donors (Lipinski definition) is 2. The molecule has 0 unspecified atom stereocenters. The van der Waals surface area contributed by atoms with Crippen molar-refractivity contribution in [2.75, 3.05) is 20.1 Å². The Kier molecular flexibility index (Phi) is 1.83. The largest absolute Gasteiger partial charge is 0.326 e. The summed E-state index contributed by atoms with van der Waals surface area (Å²) in [6.07, 6.45) is 1.10. The Morgan fingerprint density at radius 2 is 2.50 bits per heavy atom. The standard InChI is InChI=1S/C5H13N3/c1-8-4-5(6)2-3-7-8/h5,7H,2-4,6H2,1H3/t5-/m1/s1. The lowest BCUT2D eigenvalue weighted by Crippen LogP contribution is -2.49. The van der Waals surface area contributed by atoms with E-state index in [9.17, 15) is 0 Å². The predicted molar refractivity (Wildman–Crippen MR) is 33.2 cm³/mol. The fraction of sp³-hybridized carbons (Fsp3) is 1.00. The third-order valence-electron chi connectivity index (χ3n) is 1.41. The zero-order valence-corrected chi connectivity index (χ0v) is 5.22. The van der Waals surface area contributed by atoms with Crippen LogP contribution in [0.25, 0.3) is 0 Å². The molecule has 1 fully saturated rings. The summed E-state index contributed by atoms with van der Waals surface area (Å²) in [5.74, 6) is 0. The van der Waals surface area contributed by atoms with Crippen LogP contribution in [0, 0.1) is 0 Å². The first kappa shape index (κ1) is 6.01. The monoisotopic (exact) mass is 115 g/mol. The van der Waals surface area contributed by atoms with E-state index in [1.54, 1.807) is 0 Å². The molecule has 1 saturated heterocycles. The molecule has 1 atom stereocenters. The summed E-state index contributed by atoms with van der Waals surface area (Å²) in [5, 5.41) is 2.04. The maximum Gasteiger partial charge on any atom is 0.0280 e. The number of nitrogens with zero attached hydrogens (tertiary/aromatic N) is 1. The Labute approximate surface area is 49.8 Å². The number of likely N-dealkylation sites (N-methyl/N-ethyl adjacent to an activating group) is 1. The van der Waals surface area contributed by atoms with E-state index in [4.69, 9.17) is 5.73 Å². The number of nitrogens with two attached hydrogens (primary N) is 1. The van der Waals surface area contributed by atoms with E-state index in [1.807, 2.05) is 12.1 Å². The van der Waals surface area contributed by atoms with Gasteiger partial charge in [0.25, 0.3) is 0 Å². The molecule has 3 N–H and O–H groups in total. The van der Waals surface area contributed by atoms with Crippen molar-refractivity contribution in [2.45, 2.75) is 12.5 Å². The lowest BCUT2D eigenvalue weighted by molar-refractivity contribution is 0.177. The summed E-state index contributed by atoms with van der Waals surface area (Å²) in [7, 11) is 2.01. The van der Waals surface area contributed by atoms with Crippen molar-refractivity contribution in [3.63, 3.8) is 0 Å². The fourth-order valence-corrected chi connectivity index (χ4v) is 0.948. The highest BCUT2D eigenvalue weighted by atomic mass is 15.5. The van der Waals surface area contributed by atoms with Gasteiger partial charge in [-0.1, -0.05) is 0 Å². The smallest absolute Gasteiger partial charge is 0.0280 e. The second-order valence-electron chi connectivity index (χ2n) is 2.34. The van der Waals surface area contributed by atoms with Gasteiger partial charge in [-0.25, -0.2) is 5.01 Å². The van der Waals surface area contributed by atoms with Gasteiger partial charge in [-0.15, -0.1) is 0 Å². The molecule has 1 aliphatic rings. The molecule has 0 radical (unpaired) electrons. The molecule has 0 saturated carbocycles. The van der Waals surface area contributed by atoms with Gasteiger partial charge in [-0.3, -0.25) is 5.43 Å². The van der Waals surface area contributed by atoms with Crippen molar-refractivity contribution in [1.29, 1.82) is 0 Å². The number of hydrogen-bond acceptors (Lipinski definition) is 3. The summed E-state index contributed by atoms with van der Waals surface area (Å²) in [5.41, 5.74) is 8.81. The molecule has 48 valence electrons. The quantitative estimate of drug-likeness (QED) is 0.432. The van der Waals surface area contributed by atoms with E-state index in [1.165, 1.54) is 0 Å². The molecule has 0 amide bonds. The van der Waals surface area contributed by atoms with E-state index in [2.05, 4.69) is 5.43 Å². The van der Waals surface area contributed by atoms with Crippen LogP contribution >= 0.6 is 0 Å². The zero-order chi connectivity index (χ0) is 5.98. The van der Waals surface area contributed by atoms with Crippen molar-refractivity contribution in [3.8, 4) is 0 Å². The Morgan fingerprint density at radius 3 is 2.88 bits per heavy atom. The normalized spacial score (nSPS) is 33.0. The number of rotatable bonds is 0. The van der Waals surface area contributed by atoms with Gasteiger partial charge in [0, 0.05) is 26.2 Å². The van der Waals surface area contributed by atoms with Crippen LogP contribution in [-0.4, -0.2) is 31.2 Å². The molecule has 3 heteroatoms. The Morgan fingerprint density at radius 1 is 1.75 bits per heavy atom. The van der Waals surface area contributed by atoms with E-state index < -0.39 is 0 Å². The van der Waals surface area contributed by atoms with E-state index in [-0.39, 0.29) is 0 Å². The van der Waals surface area contributed by atoms with E-state index in [0.29, 0.717) is 6.04 Å². The predicted octanol–water partition coefficient (Wildman–Crippen LogP) is -0.846. The molecule has 8 heavy (non-hydrogen) atoms. The van der Waals surface area contributed by atoms with Crippen LogP contribution in [0.3, 0.4) is 0 Å². The van der Waals surface area contributed by atoms with Crippen molar-refractivity contribution < 1.29 is 0 Å². The van der Waals surface area contributed by atoms with E-state index in [0.717, 1.165) is 19.5 Å². The molecule has 0 aliphatic carbocycles. The lowest BCUT2D eigenvalue weighted by atomic mass is 10.2. The molecule has 1 aliphatic heterocycles. The molecular weight excluding hydrogens is 102 g/mol. The minimum atomic E-state index is 0.376. The maximum atomic E-state index is 5.64. The average molecular weight is 115 g/mol. The number of nitrogens with one attached hydrogen (secondary N) is 1. The summed E-state index contributed by atoms with van der Waals surface area (Å²) in [6.45, 7) is 2.00. The second-order valence-corrected chi connectivity index (χ2v) is 2.34. The van der Waals surface area contributed by atoms with Gasteiger partial charge >= 0.3 is 0 Å². The van der Waals surface area contributed by atoms with Crippen LogP contribution in [-0.2, 0) is 0 Å². The Balaban J connectivity index is 2.23. The summed E-state index contributed by atoms with van der Waals surface area (Å²) >= 11 is 0. The maximum absolute atomic E-state index is 5.64. The van der Waals surface area contributed by atoms with Gasteiger partial charge in [-0.2, -0.15) is 0 Å². The molecule has 0 aromatic carbocycles. The van der Waals surface area contributed by atoms with Gasteiger partial charge in [0.05, 0.1) is 0 Å². The highest BCUT2D eigenvalue weighted by molar-refractivity contribution is 4.69. The van der Waals surface area contributed by atoms with Crippen LogP contribution in [0.2, 0.25) is 0 Å². The first-order valence-electron chi connectivity index (χ1n) is 2.99. The highest BCUT2D eigenvalue weighted by Crippen LogP contribution is 1.94. The van der Waals surface area contributed by atoms with Gasteiger partial charge in [0.1, 0.15) is 0 Å². The molecular formula is C5H13N3. The number of hydrazine groups is 1. The fourth-order valence-electron chi connectivity index (χ4n) is 0.948. The van der Waals surface area contributed by atoms with Crippen LogP contribution in [0.1, 0.15) is 6.42 Å². The third kappa shape index (κ3) is 1.43. The van der Waals surface area contributed by atoms with Gasteiger partial charge < -0.3 is 5.73 Å². The van der Waals surface area contributed by atoms with Crippen LogP contribution in [0.15, 0.2) is 0 Å². The molecule has 0 aromatic heterocycles. The van der Waals surface area contributed by atoms with Crippen LogP contribution in [0.5, 0.6) is 0 Å². The molecule has 3 nitrogen and oxygen atoms in total. The van der Waals surface area contributed by atoms with Gasteiger partial charge in [-0.05, 0) is 6.42 Å². The average Bonchev–Trinajstić information content (AvgIpc) is 1.64. The minimum absolute atomic E-state index is 0.376. The van der Waals surface area contributed by atoms with Crippen molar-refractivity contribution in [3.05, 3.63) is 0 Å². The minimum Gasteiger partial charge on any atom is -0.326 e. The van der Waals surface area contributed by atoms with Crippen LogP contribution < -0.4 is 11.2 Å². The Hall–Kier alpha value is -0.120. The molecule has 0 bridgehead atoms. The van der Waals surface area contributed by atoms with Crippen molar-refractivity contribution in [1.82, 2.24) is 10.4 Å². The molecule has 0 aromatic rings. The summed E-state index contributed by atoms with van der Waals surface area (Å²) in [6, 6.07) is 0.376. The summed E-state index contributed by atoms with van der Waals surface area (Å²) < 4.78 is 0. The lowest BCUT2D eigenvalue weighted by Gasteiger charge is -2.27. The van der Waals surface area contributed by atoms with Gasteiger partial charge in [0.2, 0.25) is 0 Å². The second kappa shape index (κ2) is 2.44. The molecule has 0 spiro atoms. The van der Waals surface area contributed by atoms with Crippen LogP contribution in [0.4, 0.5) is 0 Å². The SMILES string of the molecule is CN1C[C@H](N)CCN1. The molecule has 1 heterocycles. The van der Waals surface area contributed by atoms with E-state index >= 15 is 0 Å². The highest BCUT2D eigenvalue weighted by Gasteiger charge is 2.10. The topological polar surface area (TPSA) is 41.3 Å².